The lowest BCUT2D eigenvalue weighted by Gasteiger charge is -2.19. The van der Waals surface area contributed by atoms with Crippen LogP contribution in [0, 0.1) is 18.7 Å². The second kappa shape index (κ2) is 6.31. The van der Waals surface area contributed by atoms with E-state index in [0.29, 0.717) is 11.1 Å². The van der Waals surface area contributed by atoms with Gasteiger partial charge in [-0.3, -0.25) is 4.79 Å². The SMILES string of the molecule is COC(=O)[C@@H](NC(=O)c1ccc(F)c(C)c1)C(C)C. The van der Waals surface area contributed by atoms with Gasteiger partial charge in [-0.15, -0.1) is 0 Å². The van der Waals surface area contributed by atoms with E-state index in [0.717, 1.165) is 0 Å². The summed E-state index contributed by atoms with van der Waals surface area (Å²) in [6, 6.07) is 3.33. The number of rotatable bonds is 4. The van der Waals surface area contributed by atoms with E-state index in [4.69, 9.17) is 0 Å². The average Bonchev–Trinajstić information content (AvgIpc) is 2.37. The van der Waals surface area contributed by atoms with E-state index in [1.165, 1.54) is 25.3 Å². The van der Waals surface area contributed by atoms with Crippen LogP contribution >= 0.6 is 0 Å². The van der Waals surface area contributed by atoms with Crippen LogP contribution in [0.5, 0.6) is 0 Å². The Kier molecular flexibility index (Phi) is 5.03. The van der Waals surface area contributed by atoms with Gasteiger partial charge in [-0.25, -0.2) is 9.18 Å². The molecule has 0 radical (unpaired) electrons. The third-order valence-electron chi connectivity index (χ3n) is 2.83. The summed E-state index contributed by atoms with van der Waals surface area (Å²) in [5.74, 6) is -1.39. The van der Waals surface area contributed by atoms with Gasteiger partial charge in [0.2, 0.25) is 0 Å². The smallest absolute Gasteiger partial charge is 0.328 e. The molecule has 104 valence electrons. The standard InChI is InChI=1S/C14H18FNO3/c1-8(2)12(14(18)19-4)16-13(17)10-5-6-11(15)9(3)7-10/h5-8,12H,1-4H3,(H,16,17)/t12-/m0/s1. The monoisotopic (exact) mass is 267 g/mol. The maximum Gasteiger partial charge on any atom is 0.328 e. The number of nitrogens with one attached hydrogen (secondary N) is 1. The highest BCUT2D eigenvalue weighted by Crippen LogP contribution is 2.11. The van der Waals surface area contributed by atoms with Gasteiger partial charge < -0.3 is 10.1 Å². The van der Waals surface area contributed by atoms with Gasteiger partial charge in [-0.05, 0) is 36.6 Å². The maximum absolute atomic E-state index is 13.1. The number of benzene rings is 1. The van der Waals surface area contributed by atoms with E-state index >= 15 is 0 Å². The molecule has 1 aromatic rings. The molecule has 0 saturated carbocycles. The minimum Gasteiger partial charge on any atom is -0.467 e. The van der Waals surface area contributed by atoms with Gasteiger partial charge in [0, 0.05) is 5.56 Å². The van der Waals surface area contributed by atoms with Crippen LogP contribution in [-0.2, 0) is 9.53 Å². The molecule has 0 aliphatic heterocycles. The van der Waals surface area contributed by atoms with Crippen molar-refractivity contribution in [1.82, 2.24) is 5.32 Å². The highest BCUT2D eigenvalue weighted by atomic mass is 19.1. The predicted molar refractivity (Wildman–Crippen MR) is 69.2 cm³/mol. The van der Waals surface area contributed by atoms with Crippen molar-refractivity contribution in [2.45, 2.75) is 26.8 Å². The van der Waals surface area contributed by atoms with Gasteiger partial charge in [-0.2, -0.15) is 0 Å². The van der Waals surface area contributed by atoms with Crippen LogP contribution in [0.1, 0.15) is 29.8 Å². The number of halogens is 1. The van der Waals surface area contributed by atoms with E-state index in [1.54, 1.807) is 20.8 Å². The Morgan fingerprint density at radius 2 is 1.95 bits per heavy atom. The van der Waals surface area contributed by atoms with Gasteiger partial charge in [-0.1, -0.05) is 13.8 Å². The van der Waals surface area contributed by atoms with Crippen LogP contribution in [0.15, 0.2) is 18.2 Å². The summed E-state index contributed by atoms with van der Waals surface area (Å²) >= 11 is 0. The molecule has 0 spiro atoms. The van der Waals surface area contributed by atoms with Gasteiger partial charge in [0.1, 0.15) is 11.9 Å². The Morgan fingerprint density at radius 3 is 2.42 bits per heavy atom. The Labute approximate surface area is 112 Å². The zero-order valence-corrected chi connectivity index (χ0v) is 11.5. The van der Waals surface area contributed by atoms with Crippen LogP contribution in [0.3, 0.4) is 0 Å². The van der Waals surface area contributed by atoms with E-state index < -0.39 is 17.9 Å². The number of aryl methyl sites for hydroxylation is 1. The molecule has 19 heavy (non-hydrogen) atoms. The Morgan fingerprint density at radius 1 is 1.32 bits per heavy atom. The van der Waals surface area contributed by atoms with Crippen LogP contribution in [0.4, 0.5) is 4.39 Å². The first-order chi connectivity index (χ1) is 8.86. The topological polar surface area (TPSA) is 55.4 Å². The van der Waals surface area contributed by atoms with E-state index in [1.807, 2.05) is 0 Å². The normalized spacial score (nSPS) is 12.1. The number of hydrogen-bond donors (Lipinski definition) is 1. The van der Waals surface area contributed by atoms with Crippen LogP contribution in [-0.4, -0.2) is 25.0 Å². The third kappa shape index (κ3) is 3.77. The number of esters is 1. The first-order valence-corrected chi connectivity index (χ1v) is 6.01. The average molecular weight is 267 g/mol. The van der Waals surface area contributed by atoms with Crippen molar-refractivity contribution in [1.29, 1.82) is 0 Å². The Hall–Kier alpha value is -1.91. The fourth-order valence-corrected chi connectivity index (χ4v) is 1.64. The van der Waals surface area contributed by atoms with Crippen LogP contribution in [0.25, 0.3) is 0 Å². The molecule has 1 atom stereocenters. The lowest BCUT2D eigenvalue weighted by atomic mass is 10.0. The number of hydrogen-bond acceptors (Lipinski definition) is 3. The molecule has 0 aromatic heterocycles. The van der Waals surface area contributed by atoms with Gasteiger partial charge >= 0.3 is 5.97 Å². The van der Waals surface area contributed by atoms with Crippen molar-refractivity contribution in [3.8, 4) is 0 Å². The molecule has 0 heterocycles. The molecule has 1 N–H and O–H groups in total. The summed E-state index contributed by atoms with van der Waals surface area (Å²) in [5.41, 5.74) is 0.695. The van der Waals surface area contributed by atoms with Crippen molar-refractivity contribution in [3.05, 3.63) is 35.1 Å². The summed E-state index contributed by atoms with van der Waals surface area (Å²) in [6.45, 7) is 5.18. The lowest BCUT2D eigenvalue weighted by molar-refractivity contribution is -0.144. The van der Waals surface area contributed by atoms with Crippen molar-refractivity contribution < 1.29 is 18.7 Å². The molecular weight excluding hydrogens is 249 g/mol. The molecule has 0 saturated heterocycles. The quantitative estimate of drug-likeness (QED) is 0.850. The molecule has 1 amide bonds. The third-order valence-corrected chi connectivity index (χ3v) is 2.83. The fourth-order valence-electron chi connectivity index (χ4n) is 1.64. The number of methoxy groups -OCH3 is 1. The second-order valence-electron chi connectivity index (χ2n) is 4.68. The van der Waals surface area contributed by atoms with Crippen molar-refractivity contribution >= 4 is 11.9 Å². The van der Waals surface area contributed by atoms with E-state index in [2.05, 4.69) is 10.1 Å². The predicted octanol–water partition coefficient (Wildman–Crippen LogP) is 2.06. The largest absolute Gasteiger partial charge is 0.467 e. The number of carbonyl (C=O) groups is 2. The molecule has 4 nitrogen and oxygen atoms in total. The number of carbonyl (C=O) groups excluding carboxylic acids is 2. The first kappa shape index (κ1) is 15.1. The fraction of sp³-hybridized carbons (Fsp3) is 0.429. The van der Waals surface area contributed by atoms with E-state index in [-0.39, 0.29) is 11.7 Å². The highest BCUT2D eigenvalue weighted by Gasteiger charge is 2.25. The molecule has 0 unspecified atom stereocenters. The van der Waals surface area contributed by atoms with Gasteiger partial charge in [0.15, 0.2) is 0 Å². The summed E-state index contributed by atoms with van der Waals surface area (Å²) < 4.78 is 17.8. The van der Waals surface area contributed by atoms with E-state index in [9.17, 15) is 14.0 Å². The van der Waals surface area contributed by atoms with Crippen LogP contribution < -0.4 is 5.32 Å². The summed E-state index contributed by atoms with van der Waals surface area (Å²) in [5, 5.41) is 2.59. The van der Waals surface area contributed by atoms with Crippen molar-refractivity contribution in [2.75, 3.05) is 7.11 Å². The maximum atomic E-state index is 13.1. The zero-order valence-electron chi connectivity index (χ0n) is 11.5. The molecule has 1 aromatic carbocycles. The first-order valence-electron chi connectivity index (χ1n) is 6.01. The number of amides is 1. The second-order valence-corrected chi connectivity index (χ2v) is 4.68. The molecule has 5 heteroatoms. The molecule has 0 aliphatic carbocycles. The van der Waals surface area contributed by atoms with Crippen molar-refractivity contribution in [3.63, 3.8) is 0 Å². The van der Waals surface area contributed by atoms with Gasteiger partial charge in [0.25, 0.3) is 5.91 Å². The Balaban J connectivity index is 2.87. The summed E-state index contributed by atoms with van der Waals surface area (Å²) in [7, 11) is 1.27. The lowest BCUT2D eigenvalue weighted by Crippen LogP contribution is -2.45. The molecular formula is C14H18FNO3. The minimum atomic E-state index is -0.720. The van der Waals surface area contributed by atoms with Crippen molar-refractivity contribution in [2.24, 2.45) is 5.92 Å². The summed E-state index contributed by atoms with van der Waals surface area (Å²) in [4.78, 5) is 23.5. The summed E-state index contributed by atoms with van der Waals surface area (Å²) in [6.07, 6.45) is 0. The van der Waals surface area contributed by atoms with Gasteiger partial charge in [0.05, 0.1) is 7.11 Å². The Bertz CT molecular complexity index is 486. The molecule has 0 fully saturated rings. The molecule has 0 bridgehead atoms. The highest BCUT2D eigenvalue weighted by molar-refractivity contribution is 5.97. The molecule has 0 aliphatic rings. The number of ether oxygens (including phenoxy) is 1. The van der Waals surface area contributed by atoms with Crippen LogP contribution in [0.2, 0.25) is 0 Å². The minimum absolute atomic E-state index is 0.0991. The zero-order chi connectivity index (χ0) is 14.6. The molecule has 1 rings (SSSR count).